The molecule has 1 aliphatic carbocycles. The quantitative estimate of drug-likeness (QED) is 0.539. The smallest absolute Gasteiger partial charge is 0.0655 e. The van der Waals surface area contributed by atoms with Crippen LogP contribution in [-0.4, -0.2) is 25.3 Å². The van der Waals surface area contributed by atoms with Gasteiger partial charge < -0.3 is 10.1 Å². The van der Waals surface area contributed by atoms with E-state index in [2.05, 4.69) is 45.2 Å². The molecule has 1 fully saturated rings. The minimum atomic E-state index is 0.298. The summed E-state index contributed by atoms with van der Waals surface area (Å²) in [6.45, 7) is 10.6. The molecule has 0 bridgehead atoms. The number of ether oxygens (including phenoxy) is 1. The van der Waals surface area contributed by atoms with Crippen molar-refractivity contribution >= 4 is 0 Å². The van der Waals surface area contributed by atoms with Crippen LogP contribution in [-0.2, 0) is 4.74 Å². The first-order chi connectivity index (χ1) is 7.12. The van der Waals surface area contributed by atoms with Gasteiger partial charge in [0.05, 0.1) is 6.10 Å². The third-order valence-corrected chi connectivity index (χ3v) is 3.48. The average molecular weight is 211 g/mol. The third-order valence-electron chi connectivity index (χ3n) is 3.48. The minimum absolute atomic E-state index is 0.298. The van der Waals surface area contributed by atoms with Gasteiger partial charge in [0.1, 0.15) is 0 Å². The second kappa shape index (κ2) is 5.66. The predicted octanol–water partition coefficient (Wildman–Crippen LogP) is 2.75. The normalized spacial score (nSPS) is 29.3. The van der Waals surface area contributed by atoms with E-state index in [4.69, 9.17) is 4.74 Å². The van der Waals surface area contributed by atoms with Gasteiger partial charge in [0.2, 0.25) is 0 Å². The van der Waals surface area contributed by atoms with E-state index >= 15 is 0 Å². The summed E-state index contributed by atoms with van der Waals surface area (Å²) in [5.41, 5.74) is 0.298. The molecule has 15 heavy (non-hydrogen) atoms. The molecular weight excluding hydrogens is 186 g/mol. The van der Waals surface area contributed by atoms with E-state index < -0.39 is 0 Å². The number of hydrogen-bond acceptors (Lipinski definition) is 2. The highest BCUT2D eigenvalue weighted by Gasteiger charge is 2.48. The maximum absolute atomic E-state index is 5.70. The van der Waals surface area contributed by atoms with Gasteiger partial charge in [-0.1, -0.05) is 26.0 Å². The van der Waals surface area contributed by atoms with Crippen molar-refractivity contribution in [3.63, 3.8) is 0 Å². The molecule has 1 rings (SSSR count). The molecule has 0 amide bonds. The van der Waals surface area contributed by atoms with Crippen LogP contribution in [0.15, 0.2) is 12.2 Å². The number of nitrogens with one attached hydrogen (secondary N) is 1. The highest BCUT2D eigenvalue weighted by atomic mass is 16.5. The van der Waals surface area contributed by atoms with Gasteiger partial charge in [-0.15, -0.1) is 0 Å². The molecule has 2 heteroatoms. The Balaban J connectivity index is 2.23. The van der Waals surface area contributed by atoms with Crippen molar-refractivity contribution in [3.8, 4) is 0 Å². The second-order valence-electron chi connectivity index (χ2n) is 4.87. The first kappa shape index (κ1) is 12.7. The zero-order valence-corrected chi connectivity index (χ0v) is 10.5. The Morgan fingerprint density at radius 1 is 1.47 bits per heavy atom. The lowest BCUT2D eigenvalue weighted by Crippen LogP contribution is -2.61. The molecule has 0 aromatic rings. The van der Waals surface area contributed by atoms with Crippen LogP contribution in [0.4, 0.5) is 0 Å². The van der Waals surface area contributed by atoms with Gasteiger partial charge in [-0.05, 0) is 33.2 Å². The Bertz CT molecular complexity index is 211. The zero-order valence-electron chi connectivity index (χ0n) is 10.5. The fraction of sp³-hybridized carbons (Fsp3) is 0.846. The summed E-state index contributed by atoms with van der Waals surface area (Å²) in [4.78, 5) is 0. The van der Waals surface area contributed by atoms with Crippen molar-refractivity contribution in [1.82, 2.24) is 5.32 Å². The van der Waals surface area contributed by atoms with Crippen LogP contribution < -0.4 is 5.32 Å². The first-order valence-corrected chi connectivity index (χ1v) is 6.09. The summed E-state index contributed by atoms with van der Waals surface area (Å²) in [5.74, 6) is 0. The molecule has 2 unspecified atom stereocenters. The van der Waals surface area contributed by atoms with Crippen molar-refractivity contribution in [2.45, 2.75) is 52.7 Å². The molecular formula is C13H25NO. The SMILES string of the molecule is C/C=C/CCNC1CC(OCC)C1(C)C. The van der Waals surface area contributed by atoms with E-state index in [0.717, 1.165) is 26.0 Å². The maximum atomic E-state index is 5.70. The maximum Gasteiger partial charge on any atom is 0.0655 e. The van der Waals surface area contributed by atoms with Crippen molar-refractivity contribution < 1.29 is 4.74 Å². The second-order valence-corrected chi connectivity index (χ2v) is 4.87. The number of hydrogen-bond donors (Lipinski definition) is 1. The van der Waals surface area contributed by atoms with Crippen LogP contribution in [0.3, 0.4) is 0 Å². The highest BCUT2D eigenvalue weighted by Crippen LogP contribution is 2.42. The van der Waals surface area contributed by atoms with Crippen LogP contribution in [0, 0.1) is 5.41 Å². The predicted molar refractivity (Wildman–Crippen MR) is 65.0 cm³/mol. The van der Waals surface area contributed by atoms with E-state index in [1.54, 1.807) is 0 Å². The van der Waals surface area contributed by atoms with Crippen molar-refractivity contribution in [2.75, 3.05) is 13.2 Å². The summed E-state index contributed by atoms with van der Waals surface area (Å²) < 4.78 is 5.70. The molecule has 0 aromatic heterocycles. The van der Waals surface area contributed by atoms with Gasteiger partial charge in [-0.3, -0.25) is 0 Å². The molecule has 2 atom stereocenters. The Hall–Kier alpha value is -0.340. The van der Waals surface area contributed by atoms with Crippen LogP contribution in [0.2, 0.25) is 0 Å². The summed E-state index contributed by atoms with van der Waals surface area (Å²) in [6, 6.07) is 0.624. The molecule has 0 aromatic carbocycles. The van der Waals surface area contributed by atoms with E-state index in [1.165, 1.54) is 0 Å². The van der Waals surface area contributed by atoms with E-state index in [9.17, 15) is 0 Å². The lowest BCUT2D eigenvalue weighted by molar-refractivity contribution is -0.113. The Morgan fingerprint density at radius 3 is 2.73 bits per heavy atom. The van der Waals surface area contributed by atoms with E-state index in [1.807, 2.05) is 0 Å². The first-order valence-electron chi connectivity index (χ1n) is 6.09. The van der Waals surface area contributed by atoms with Crippen LogP contribution in [0.5, 0.6) is 0 Å². The molecule has 0 aliphatic heterocycles. The monoisotopic (exact) mass is 211 g/mol. The molecule has 0 heterocycles. The van der Waals surface area contributed by atoms with E-state index in [-0.39, 0.29) is 0 Å². The standard InChI is InChI=1S/C13H25NO/c1-5-7-8-9-14-11-10-12(15-6-2)13(11,3)4/h5,7,11-12,14H,6,8-10H2,1-4H3/b7-5+. The van der Waals surface area contributed by atoms with Crippen molar-refractivity contribution in [2.24, 2.45) is 5.41 Å². The summed E-state index contributed by atoms with van der Waals surface area (Å²) in [7, 11) is 0. The minimum Gasteiger partial charge on any atom is -0.378 e. The lowest BCUT2D eigenvalue weighted by Gasteiger charge is -2.52. The third kappa shape index (κ3) is 3.05. The summed E-state index contributed by atoms with van der Waals surface area (Å²) in [5, 5.41) is 3.60. The van der Waals surface area contributed by atoms with Gasteiger partial charge >= 0.3 is 0 Å². The Labute approximate surface area is 94.1 Å². The highest BCUT2D eigenvalue weighted by molar-refractivity contribution is 5.02. The molecule has 0 spiro atoms. The molecule has 1 aliphatic rings. The zero-order chi connectivity index (χ0) is 11.3. The van der Waals surface area contributed by atoms with Crippen molar-refractivity contribution in [1.29, 1.82) is 0 Å². The topological polar surface area (TPSA) is 21.3 Å². The number of allylic oxidation sites excluding steroid dienone is 1. The molecule has 0 saturated heterocycles. The van der Waals surface area contributed by atoms with Gasteiger partial charge in [0.15, 0.2) is 0 Å². The fourth-order valence-corrected chi connectivity index (χ4v) is 2.22. The van der Waals surface area contributed by atoms with Crippen LogP contribution in [0.1, 0.15) is 40.5 Å². The largest absolute Gasteiger partial charge is 0.378 e. The summed E-state index contributed by atoms with van der Waals surface area (Å²) >= 11 is 0. The lowest BCUT2D eigenvalue weighted by atomic mass is 9.64. The average Bonchev–Trinajstić information content (AvgIpc) is 2.21. The number of rotatable bonds is 6. The molecule has 2 nitrogen and oxygen atoms in total. The Morgan fingerprint density at radius 2 is 2.20 bits per heavy atom. The van der Waals surface area contributed by atoms with Crippen LogP contribution in [0.25, 0.3) is 0 Å². The molecule has 0 radical (unpaired) electrons. The van der Waals surface area contributed by atoms with E-state index in [0.29, 0.717) is 17.6 Å². The van der Waals surface area contributed by atoms with Crippen LogP contribution >= 0.6 is 0 Å². The fourth-order valence-electron chi connectivity index (χ4n) is 2.22. The molecule has 1 N–H and O–H groups in total. The van der Waals surface area contributed by atoms with Gasteiger partial charge in [0, 0.05) is 18.1 Å². The van der Waals surface area contributed by atoms with Crippen molar-refractivity contribution in [3.05, 3.63) is 12.2 Å². The molecule has 88 valence electrons. The summed E-state index contributed by atoms with van der Waals surface area (Å²) in [6.07, 6.45) is 7.05. The Kier molecular flexibility index (Phi) is 4.81. The molecule has 1 saturated carbocycles. The van der Waals surface area contributed by atoms with Gasteiger partial charge in [0.25, 0.3) is 0 Å². The van der Waals surface area contributed by atoms with Gasteiger partial charge in [-0.2, -0.15) is 0 Å². The van der Waals surface area contributed by atoms with Gasteiger partial charge in [-0.25, -0.2) is 0 Å².